The van der Waals surface area contributed by atoms with Crippen LogP contribution < -0.4 is 9.62 Å². The molecule has 1 aliphatic heterocycles. The first-order chi connectivity index (χ1) is 17.8. The molecule has 0 atom stereocenters. The van der Waals surface area contributed by atoms with Gasteiger partial charge in [-0.3, -0.25) is 4.72 Å². The Morgan fingerprint density at radius 1 is 1.08 bits per heavy atom. The summed E-state index contributed by atoms with van der Waals surface area (Å²) < 4.78 is 31.6. The van der Waals surface area contributed by atoms with Gasteiger partial charge in [0, 0.05) is 28.7 Å². The van der Waals surface area contributed by atoms with Crippen molar-refractivity contribution in [2.24, 2.45) is 0 Å². The smallest absolute Gasteiger partial charge is 0.261 e. The van der Waals surface area contributed by atoms with E-state index in [1.54, 1.807) is 30.3 Å². The van der Waals surface area contributed by atoms with Crippen molar-refractivity contribution < 1.29 is 13.5 Å². The van der Waals surface area contributed by atoms with E-state index in [4.69, 9.17) is 0 Å². The molecule has 2 heterocycles. The number of sulfonamides is 1. The van der Waals surface area contributed by atoms with Crippen molar-refractivity contribution in [3.05, 3.63) is 90.6 Å². The minimum atomic E-state index is -3.88. The van der Waals surface area contributed by atoms with Crippen molar-refractivity contribution in [1.29, 1.82) is 0 Å². The summed E-state index contributed by atoms with van der Waals surface area (Å²) in [6.45, 7) is 6.75. The molecular formula is C28H23N3O3S3. The fourth-order valence-corrected chi connectivity index (χ4v) is 7.87. The number of hydrogen-bond acceptors (Lipinski definition) is 7. The quantitative estimate of drug-likeness (QED) is 0.224. The maximum atomic E-state index is 13.5. The highest BCUT2D eigenvalue weighted by molar-refractivity contribution is 8.01. The predicted octanol–water partition coefficient (Wildman–Crippen LogP) is 7.00. The highest BCUT2D eigenvalue weighted by Gasteiger charge is 2.24. The second-order valence-electron chi connectivity index (χ2n) is 8.90. The molecule has 6 nitrogen and oxygen atoms in total. The molecule has 37 heavy (non-hydrogen) atoms. The molecular weight excluding hydrogens is 523 g/mol. The molecule has 0 unspecified atom stereocenters. The molecule has 0 spiro atoms. The summed E-state index contributed by atoms with van der Waals surface area (Å²) >= 11 is 2.85. The Morgan fingerprint density at radius 2 is 1.84 bits per heavy atom. The average Bonchev–Trinajstić information content (AvgIpc) is 3.50. The van der Waals surface area contributed by atoms with Gasteiger partial charge in [-0.1, -0.05) is 54.7 Å². The summed E-state index contributed by atoms with van der Waals surface area (Å²) in [6.07, 6.45) is 0.761. The Balaban J connectivity index is 1.39. The maximum absolute atomic E-state index is 13.5. The molecule has 1 aliphatic rings. The summed E-state index contributed by atoms with van der Waals surface area (Å²) in [6, 6.07) is 22.0. The number of thiazole rings is 1. The van der Waals surface area contributed by atoms with Crippen molar-refractivity contribution in [2.75, 3.05) is 16.2 Å². The van der Waals surface area contributed by atoms with E-state index in [0.717, 1.165) is 44.5 Å². The molecule has 0 saturated carbocycles. The average molecular weight is 546 g/mol. The zero-order chi connectivity index (χ0) is 25.7. The molecule has 0 aliphatic carbocycles. The molecule has 0 radical (unpaired) electrons. The molecule has 0 saturated heterocycles. The first-order valence-electron chi connectivity index (χ1n) is 11.7. The highest BCUT2D eigenvalue weighted by atomic mass is 32.2. The van der Waals surface area contributed by atoms with E-state index in [1.807, 2.05) is 49.4 Å². The van der Waals surface area contributed by atoms with E-state index in [0.29, 0.717) is 21.4 Å². The molecule has 2 N–H and O–H groups in total. The van der Waals surface area contributed by atoms with E-state index in [-0.39, 0.29) is 10.6 Å². The van der Waals surface area contributed by atoms with Crippen LogP contribution in [0.25, 0.3) is 21.0 Å². The minimum Gasteiger partial charge on any atom is -0.506 e. The van der Waals surface area contributed by atoms with Gasteiger partial charge in [0.15, 0.2) is 4.34 Å². The molecule has 186 valence electrons. The van der Waals surface area contributed by atoms with Crippen LogP contribution in [0.2, 0.25) is 0 Å². The van der Waals surface area contributed by atoms with Crippen LogP contribution >= 0.6 is 23.1 Å². The van der Waals surface area contributed by atoms with Gasteiger partial charge in [-0.15, -0.1) is 11.3 Å². The van der Waals surface area contributed by atoms with E-state index in [9.17, 15) is 13.5 Å². The van der Waals surface area contributed by atoms with Crippen LogP contribution in [0.4, 0.5) is 11.4 Å². The van der Waals surface area contributed by atoms with Crippen molar-refractivity contribution in [1.82, 2.24) is 4.98 Å². The topological polar surface area (TPSA) is 82.5 Å². The first-order valence-corrected chi connectivity index (χ1v) is 14.8. The van der Waals surface area contributed by atoms with E-state index < -0.39 is 10.0 Å². The number of aromatic hydroxyl groups is 1. The Labute approximate surface area is 223 Å². The van der Waals surface area contributed by atoms with Crippen LogP contribution in [0.3, 0.4) is 0 Å². The van der Waals surface area contributed by atoms with Gasteiger partial charge < -0.3 is 10.0 Å². The van der Waals surface area contributed by atoms with Gasteiger partial charge in [-0.25, -0.2) is 13.4 Å². The Bertz CT molecular complexity index is 1780. The van der Waals surface area contributed by atoms with Crippen LogP contribution in [0, 0.1) is 0 Å². The van der Waals surface area contributed by atoms with E-state index >= 15 is 0 Å². The Kier molecular flexibility index (Phi) is 5.86. The van der Waals surface area contributed by atoms with Crippen molar-refractivity contribution in [2.45, 2.75) is 27.5 Å². The van der Waals surface area contributed by atoms with Crippen LogP contribution in [0.1, 0.15) is 12.5 Å². The largest absolute Gasteiger partial charge is 0.506 e. The lowest BCUT2D eigenvalue weighted by molar-refractivity contribution is 0.469. The van der Waals surface area contributed by atoms with Gasteiger partial charge in [0.2, 0.25) is 0 Å². The number of anilines is 2. The lowest BCUT2D eigenvalue weighted by Gasteiger charge is -2.19. The molecule has 6 rings (SSSR count). The normalized spacial score (nSPS) is 13.3. The molecule has 0 fully saturated rings. The van der Waals surface area contributed by atoms with Crippen LogP contribution in [-0.2, 0) is 16.4 Å². The standard InChI is InChI=1S/C28H23N3O3S3/c1-17(2)31-14-13-18-15-19(11-12-24(18)31)37(33,34)30-23-16-26(27(32)21-8-4-3-7-20(21)23)36-28-29-22-9-5-6-10-25(22)35-28/h3-12,15-16,30,32H,1,13-14H2,2H3. The summed E-state index contributed by atoms with van der Waals surface area (Å²) in [5.74, 6) is 0.0974. The number of allylic oxidation sites excluding steroid dienone is 1. The zero-order valence-corrected chi connectivity index (χ0v) is 22.4. The Hall–Kier alpha value is -3.53. The molecule has 0 amide bonds. The number of hydrogen-bond donors (Lipinski definition) is 2. The predicted molar refractivity (Wildman–Crippen MR) is 152 cm³/mol. The summed E-state index contributed by atoms with van der Waals surface area (Å²) in [5.41, 5.74) is 4.20. The highest BCUT2D eigenvalue weighted by Crippen LogP contribution is 2.44. The third-order valence-electron chi connectivity index (χ3n) is 6.41. The van der Waals surface area contributed by atoms with Crippen molar-refractivity contribution in [3.63, 3.8) is 0 Å². The van der Waals surface area contributed by atoms with Gasteiger partial charge in [-0.2, -0.15) is 0 Å². The number of aromatic nitrogens is 1. The zero-order valence-electron chi connectivity index (χ0n) is 19.9. The monoisotopic (exact) mass is 545 g/mol. The lowest BCUT2D eigenvalue weighted by atomic mass is 10.1. The molecule has 1 aromatic heterocycles. The fourth-order valence-electron chi connectivity index (χ4n) is 4.63. The Morgan fingerprint density at radius 3 is 2.62 bits per heavy atom. The van der Waals surface area contributed by atoms with Gasteiger partial charge in [0.1, 0.15) is 5.75 Å². The number of phenols is 1. The van der Waals surface area contributed by atoms with Crippen molar-refractivity contribution >= 4 is 65.5 Å². The number of para-hydroxylation sites is 1. The van der Waals surface area contributed by atoms with E-state index in [2.05, 4.69) is 21.2 Å². The third-order valence-corrected chi connectivity index (χ3v) is 9.91. The number of nitrogens with zero attached hydrogens (tertiary/aromatic N) is 2. The van der Waals surface area contributed by atoms with Crippen LogP contribution in [-0.4, -0.2) is 25.1 Å². The van der Waals surface area contributed by atoms with Crippen LogP contribution in [0.5, 0.6) is 5.75 Å². The summed E-state index contributed by atoms with van der Waals surface area (Å²) in [5, 5.41) is 12.3. The number of nitrogens with one attached hydrogen (secondary N) is 1. The van der Waals surface area contributed by atoms with Crippen molar-refractivity contribution in [3.8, 4) is 5.75 Å². The van der Waals surface area contributed by atoms with E-state index in [1.165, 1.54) is 23.1 Å². The fraction of sp³-hybridized carbons (Fsp3) is 0.107. The SMILES string of the molecule is C=C(C)N1CCc2cc(S(=O)(=O)Nc3cc(Sc4nc5ccccc5s4)c(O)c4ccccc34)ccc21. The lowest BCUT2D eigenvalue weighted by Crippen LogP contribution is -2.16. The molecule has 4 aromatic carbocycles. The molecule has 9 heteroatoms. The van der Waals surface area contributed by atoms with Crippen LogP contribution in [0.15, 0.2) is 99.2 Å². The van der Waals surface area contributed by atoms with Gasteiger partial charge >= 0.3 is 0 Å². The maximum Gasteiger partial charge on any atom is 0.261 e. The summed E-state index contributed by atoms with van der Waals surface area (Å²) in [7, 11) is -3.88. The molecule has 0 bridgehead atoms. The first kappa shape index (κ1) is 23.8. The summed E-state index contributed by atoms with van der Waals surface area (Å²) in [4.78, 5) is 7.48. The number of phenolic OH excluding ortho intramolecular Hbond substituents is 1. The van der Waals surface area contributed by atoms with Gasteiger partial charge in [0.05, 0.1) is 25.7 Å². The number of benzene rings is 4. The van der Waals surface area contributed by atoms with Gasteiger partial charge in [-0.05, 0) is 55.3 Å². The number of rotatable bonds is 6. The third kappa shape index (κ3) is 4.33. The molecule has 5 aromatic rings. The second-order valence-corrected chi connectivity index (χ2v) is 12.9. The van der Waals surface area contributed by atoms with Gasteiger partial charge in [0.25, 0.3) is 10.0 Å². The second kappa shape index (κ2) is 9.09. The minimum absolute atomic E-state index is 0.0974. The number of fused-ring (bicyclic) bond motifs is 3.